The molecular formula is C27H22F2N2O6. The van der Waals surface area contributed by atoms with Crippen LogP contribution < -0.4 is 10.1 Å². The number of halogens is 2. The molecule has 3 aromatic carbocycles. The summed E-state index contributed by atoms with van der Waals surface area (Å²) in [6, 6.07) is 21.9. The number of aromatic nitrogens is 1. The van der Waals surface area contributed by atoms with E-state index in [-0.39, 0.29) is 5.75 Å². The molecule has 8 nitrogen and oxygen atoms in total. The predicted octanol–water partition coefficient (Wildman–Crippen LogP) is 6.68. The van der Waals surface area contributed by atoms with Gasteiger partial charge < -0.3 is 19.1 Å². The number of nitrogens with zero attached hydrogens (tertiary/aromatic N) is 1. The van der Waals surface area contributed by atoms with Crippen LogP contribution in [0.4, 0.5) is 19.3 Å². The number of ether oxygens (including phenoxy) is 2. The smallest absolute Gasteiger partial charge is 0.474 e. The number of anilines is 1. The van der Waals surface area contributed by atoms with Gasteiger partial charge in [-0.05, 0) is 42.7 Å². The van der Waals surface area contributed by atoms with E-state index >= 15 is 0 Å². The Morgan fingerprint density at radius 2 is 1.51 bits per heavy atom. The van der Waals surface area contributed by atoms with Crippen LogP contribution in [0.5, 0.6) is 5.75 Å². The number of alkyl halides is 2. The van der Waals surface area contributed by atoms with E-state index in [0.717, 1.165) is 11.1 Å². The molecule has 2 N–H and O–H groups in total. The SMILES string of the molecule is Cc1noc(-c2ccc(-c3ccc(OC(F)(F)C(=O)O)cc3)cc2)c1NC(=O)OC(C)c1ccccc1. The van der Waals surface area contributed by atoms with Gasteiger partial charge in [0.05, 0.1) is 0 Å². The molecule has 190 valence electrons. The highest BCUT2D eigenvalue weighted by Crippen LogP contribution is 2.33. The van der Waals surface area contributed by atoms with E-state index < -0.39 is 24.3 Å². The molecule has 4 aromatic rings. The first kappa shape index (κ1) is 25.4. The number of aryl methyl sites for hydroxylation is 1. The summed E-state index contributed by atoms with van der Waals surface area (Å²) in [6.07, 6.45) is -5.44. The van der Waals surface area contributed by atoms with Crippen LogP contribution in [0.2, 0.25) is 0 Å². The standard InChI is InChI=1S/C27H22F2N2O6/c1-16-23(30-26(34)35-17(2)18-6-4-3-5-7-18)24(37-31-16)21-10-8-19(9-11-21)20-12-14-22(15-13-20)36-27(28,29)25(32)33/h3-15,17H,1-2H3,(H,30,34)(H,32,33). The van der Waals surface area contributed by atoms with Crippen LogP contribution in [0.1, 0.15) is 24.3 Å². The van der Waals surface area contributed by atoms with Gasteiger partial charge in [0.15, 0.2) is 5.76 Å². The van der Waals surface area contributed by atoms with Gasteiger partial charge in [-0.2, -0.15) is 8.78 Å². The minimum atomic E-state index is -4.32. The average Bonchev–Trinajstić information content (AvgIpc) is 3.24. The third-order valence-electron chi connectivity index (χ3n) is 5.47. The number of nitrogens with one attached hydrogen (secondary N) is 1. The molecule has 0 aliphatic carbocycles. The Hall–Kier alpha value is -4.73. The Morgan fingerprint density at radius 1 is 0.946 bits per heavy atom. The molecule has 0 radical (unpaired) electrons. The zero-order chi connectivity index (χ0) is 26.6. The third kappa shape index (κ3) is 5.92. The molecule has 0 fully saturated rings. The van der Waals surface area contributed by atoms with Gasteiger partial charge in [0, 0.05) is 5.56 Å². The van der Waals surface area contributed by atoms with E-state index in [0.29, 0.717) is 28.3 Å². The van der Waals surface area contributed by atoms with Crippen LogP contribution in [0.25, 0.3) is 22.5 Å². The zero-order valence-electron chi connectivity index (χ0n) is 19.8. The molecule has 0 aliphatic heterocycles. The van der Waals surface area contributed by atoms with Gasteiger partial charge in [0.25, 0.3) is 0 Å². The number of carboxylic acids is 1. The molecule has 1 heterocycles. The Labute approximate surface area is 210 Å². The molecule has 0 saturated heterocycles. The van der Waals surface area contributed by atoms with Crippen molar-refractivity contribution in [2.24, 2.45) is 0 Å². The lowest BCUT2D eigenvalue weighted by atomic mass is 10.0. The minimum Gasteiger partial charge on any atom is -0.474 e. The van der Waals surface area contributed by atoms with Gasteiger partial charge in [-0.25, -0.2) is 9.59 Å². The summed E-state index contributed by atoms with van der Waals surface area (Å²) in [4.78, 5) is 23.1. The summed E-state index contributed by atoms with van der Waals surface area (Å²) < 4.78 is 41.6. The molecule has 10 heteroatoms. The first-order valence-electron chi connectivity index (χ1n) is 11.1. The molecule has 37 heavy (non-hydrogen) atoms. The van der Waals surface area contributed by atoms with E-state index in [1.807, 2.05) is 30.3 Å². The number of carboxylic acid groups (broad SMARTS) is 1. The number of hydrogen-bond acceptors (Lipinski definition) is 6. The second-order valence-electron chi connectivity index (χ2n) is 8.08. The second kappa shape index (κ2) is 10.5. The van der Waals surface area contributed by atoms with Gasteiger partial charge in [-0.3, -0.25) is 5.32 Å². The number of rotatable bonds is 8. The average molecular weight is 508 g/mol. The normalized spacial score (nSPS) is 12.0. The van der Waals surface area contributed by atoms with E-state index in [2.05, 4.69) is 15.2 Å². The monoisotopic (exact) mass is 508 g/mol. The first-order chi connectivity index (χ1) is 17.6. The van der Waals surface area contributed by atoms with Crippen LogP contribution in [0.3, 0.4) is 0 Å². The molecule has 1 amide bonds. The number of aliphatic carboxylic acids is 1. The first-order valence-corrected chi connectivity index (χ1v) is 11.1. The van der Waals surface area contributed by atoms with Crippen molar-refractivity contribution in [3.63, 3.8) is 0 Å². The van der Waals surface area contributed by atoms with Crippen molar-refractivity contribution in [1.82, 2.24) is 5.16 Å². The summed E-state index contributed by atoms with van der Waals surface area (Å²) in [7, 11) is 0. The molecule has 1 aromatic heterocycles. The Bertz CT molecular complexity index is 1390. The number of carbonyl (C=O) groups is 2. The summed E-state index contributed by atoms with van der Waals surface area (Å²) in [5, 5.41) is 15.1. The van der Waals surface area contributed by atoms with Gasteiger partial charge in [-0.1, -0.05) is 71.9 Å². The van der Waals surface area contributed by atoms with E-state index in [1.54, 1.807) is 38.1 Å². The van der Waals surface area contributed by atoms with Crippen molar-refractivity contribution in [3.8, 4) is 28.2 Å². The van der Waals surface area contributed by atoms with Crippen LogP contribution in [0.15, 0.2) is 83.4 Å². The van der Waals surface area contributed by atoms with Crippen molar-refractivity contribution in [3.05, 3.63) is 90.1 Å². The quantitative estimate of drug-likeness (QED) is 0.273. The topological polar surface area (TPSA) is 111 Å². The van der Waals surface area contributed by atoms with Crippen LogP contribution in [-0.4, -0.2) is 28.4 Å². The number of benzene rings is 3. The fourth-order valence-electron chi connectivity index (χ4n) is 3.52. The van der Waals surface area contributed by atoms with Crippen molar-refractivity contribution in [2.45, 2.75) is 26.1 Å². The fourth-order valence-corrected chi connectivity index (χ4v) is 3.52. The van der Waals surface area contributed by atoms with Crippen molar-refractivity contribution < 1.29 is 37.5 Å². The Balaban J connectivity index is 1.46. The maximum Gasteiger partial charge on any atom is 0.501 e. The molecule has 0 spiro atoms. The maximum atomic E-state index is 13.2. The number of carbonyl (C=O) groups excluding carboxylic acids is 1. The van der Waals surface area contributed by atoms with Crippen molar-refractivity contribution in [1.29, 1.82) is 0 Å². The zero-order valence-corrected chi connectivity index (χ0v) is 19.8. The molecule has 0 aliphatic rings. The lowest BCUT2D eigenvalue weighted by molar-refractivity contribution is -0.210. The lowest BCUT2D eigenvalue weighted by Crippen LogP contribution is -2.34. The molecule has 1 unspecified atom stereocenters. The summed E-state index contributed by atoms with van der Waals surface area (Å²) in [5.74, 6) is -2.32. The summed E-state index contributed by atoms with van der Waals surface area (Å²) in [5.41, 5.74) is 3.77. The van der Waals surface area contributed by atoms with Crippen LogP contribution >= 0.6 is 0 Å². The largest absolute Gasteiger partial charge is 0.501 e. The van der Waals surface area contributed by atoms with Gasteiger partial charge in [0.1, 0.15) is 23.2 Å². The number of hydrogen-bond donors (Lipinski definition) is 2. The van der Waals surface area contributed by atoms with Gasteiger partial charge in [-0.15, -0.1) is 0 Å². The predicted molar refractivity (Wildman–Crippen MR) is 130 cm³/mol. The fraction of sp³-hybridized carbons (Fsp3) is 0.148. The minimum absolute atomic E-state index is 0.283. The molecule has 0 saturated carbocycles. The maximum absolute atomic E-state index is 13.2. The van der Waals surface area contributed by atoms with Gasteiger partial charge >= 0.3 is 18.2 Å². The van der Waals surface area contributed by atoms with Crippen molar-refractivity contribution in [2.75, 3.05) is 5.32 Å². The van der Waals surface area contributed by atoms with Crippen LogP contribution in [0, 0.1) is 6.92 Å². The van der Waals surface area contributed by atoms with Gasteiger partial charge in [0.2, 0.25) is 0 Å². The Morgan fingerprint density at radius 3 is 2.11 bits per heavy atom. The second-order valence-corrected chi connectivity index (χ2v) is 8.08. The van der Waals surface area contributed by atoms with E-state index in [9.17, 15) is 18.4 Å². The highest BCUT2D eigenvalue weighted by atomic mass is 19.3. The molecule has 4 rings (SSSR count). The van der Waals surface area contributed by atoms with Crippen LogP contribution in [-0.2, 0) is 9.53 Å². The summed E-state index contributed by atoms with van der Waals surface area (Å²) >= 11 is 0. The highest BCUT2D eigenvalue weighted by Gasteiger charge is 2.42. The third-order valence-corrected chi connectivity index (χ3v) is 5.47. The molecule has 1 atom stereocenters. The van der Waals surface area contributed by atoms with E-state index in [4.69, 9.17) is 14.4 Å². The molecular weight excluding hydrogens is 486 g/mol. The van der Waals surface area contributed by atoms with E-state index in [1.165, 1.54) is 24.3 Å². The van der Waals surface area contributed by atoms with Crippen molar-refractivity contribution >= 4 is 17.7 Å². The number of amides is 1. The Kier molecular flexibility index (Phi) is 7.19. The lowest BCUT2D eigenvalue weighted by Gasteiger charge is -2.14. The highest BCUT2D eigenvalue weighted by molar-refractivity contribution is 5.91. The molecule has 0 bridgehead atoms. The summed E-state index contributed by atoms with van der Waals surface area (Å²) in [6.45, 7) is 3.46.